The van der Waals surface area contributed by atoms with E-state index in [2.05, 4.69) is 4.98 Å². The third kappa shape index (κ3) is 2.72. The molecule has 162 valence electrons. The molecule has 0 saturated carbocycles. The zero-order chi connectivity index (χ0) is 22.7. The summed E-state index contributed by atoms with van der Waals surface area (Å²) in [5, 5.41) is 12.7. The summed E-state index contributed by atoms with van der Waals surface area (Å²) < 4.78 is 0. The fourth-order valence-corrected chi connectivity index (χ4v) is 5.12. The Labute approximate surface area is 188 Å². The Morgan fingerprint density at radius 1 is 0.909 bits per heavy atom. The first-order chi connectivity index (χ1) is 16.1. The third-order valence-electron chi connectivity index (χ3n) is 6.53. The number of aromatic nitrogens is 1. The van der Waals surface area contributed by atoms with E-state index in [0.29, 0.717) is 6.42 Å². The van der Waals surface area contributed by atoms with E-state index in [-0.39, 0.29) is 11.3 Å². The van der Waals surface area contributed by atoms with Gasteiger partial charge < -0.3 is 14.9 Å². The molecule has 3 amide bonds. The largest absolute Gasteiger partial charge is 0.545 e. The van der Waals surface area contributed by atoms with Gasteiger partial charge in [-0.1, -0.05) is 66.7 Å². The molecule has 7 heteroatoms. The maximum atomic E-state index is 13.7. The van der Waals surface area contributed by atoms with Crippen LogP contribution in [0, 0.1) is 0 Å². The molecule has 3 aromatic carbocycles. The molecular formula is C26H18N3O4-. The van der Waals surface area contributed by atoms with Crippen LogP contribution in [0.5, 0.6) is 0 Å². The number of carboxylic acid groups (broad SMARTS) is 1. The number of para-hydroxylation sites is 2. The van der Waals surface area contributed by atoms with Gasteiger partial charge in [-0.3, -0.25) is 9.69 Å². The van der Waals surface area contributed by atoms with Crippen LogP contribution in [0.15, 0.2) is 78.9 Å². The van der Waals surface area contributed by atoms with Gasteiger partial charge >= 0.3 is 6.03 Å². The molecule has 2 aliphatic rings. The summed E-state index contributed by atoms with van der Waals surface area (Å²) in [7, 11) is 0. The van der Waals surface area contributed by atoms with Crippen molar-refractivity contribution in [1.82, 2.24) is 9.88 Å². The smallest absolute Gasteiger partial charge is 0.332 e. The van der Waals surface area contributed by atoms with Gasteiger partial charge in [0.25, 0.3) is 5.91 Å². The summed E-state index contributed by atoms with van der Waals surface area (Å²) in [5.74, 6) is -1.88. The van der Waals surface area contributed by atoms with Crippen molar-refractivity contribution < 1.29 is 19.5 Å². The molecule has 0 spiro atoms. The number of amides is 3. The second-order valence-electron chi connectivity index (χ2n) is 8.26. The minimum atomic E-state index is -1.44. The van der Waals surface area contributed by atoms with Crippen molar-refractivity contribution in [3.8, 4) is 0 Å². The molecule has 3 heterocycles. The van der Waals surface area contributed by atoms with Crippen LogP contribution >= 0.6 is 0 Å². The number of carboxylic acids is 1. The Morgan fingerprint density at radius 2 is 1.61 bits per heavy atom. The van der Waals surface area contributed by atoms with Crippen molar-refractivity contribution in [2.45, 2.75) is 18.5 Å². The maximum absolute atomic E-state index is 13.7. The standard InChI is InChI=1S/C26H19N3O4/c30-24-21-14-18-16-10-4-6-12-19(16)27-22(18)23(15-8-2-1-3-9-15)28(21)26(33)29(24)20-13-7-5-11-17(20)25(31)32/h1-13,21,23,27H,14H2,(H,31,32)/p-1/t21-,23-/m0/s1. The fourth-order valence-electron chi connectivity index (χ4n) is 5.12. The van der Waals surface area contributed by atoms with Crippen LogP contribution in [0.25, 0.3) is 10.9 Å². The number of carbonyl (C=O) groups is 3. The highest BCUT2D eigenvalue weighted by Gasteiger charge is 2.53. The van der Waals surface area contributed by atoms with Crippen LogP contribution in [-0.2, 0) is 11.2 Å². The molecule has 4 aromatic rings. The van der Waals surface area contributed by atoms with Crippen molar-refractivity contribution >= 4 is 34.5 Å². The number of rotatable bonds is 3. The van der Waals surface area contributed by atoms with Crippen molar-refractivity contribution in [3.05, 3.63) is 101 Å². The van der Waals surface area contributed by atoms with Gasteiger partial charge in [-0.05, 0) is 23.3 Å². The first kappa shape index (κ1) is 19.3. The number of hydrogen-bond acceptors (Lipinski definition) is 4. The number of carbonyl (C=O) groups excluding carboxylic acids is 3. The highest BCUT2D eigenvalue weighted by Crippen LogP contribution is 2.45. The quantitative estimate of drug-likeness (QED) is 0.500. The summed E-state index contributed by atoms with van der Waals surface area (Å²) in [4.78, 5) is 45.1. The van der Waals surface area contributed by atoms with E-state index in [9.17, 15) is 19.5 Å². The number of hydrogen-bond donors (Lipinski definition) is 1. The van der Waals surface area contributed by atoms with E-state index in [4.69, 9.17) is 0 Å². The number of urea groups is 1. The number of aromatic amines is 1. The van der Waals surface area contributed by atoms with Crippen LogP contribution in [0.4, 0.5) is 10.5 Å². The number of fused-ring (bicyclic) bond motifs is 4. The van der Waals surface area contributed by atoms with Gasteiger partial charge in [0.15, 0.2) is 0 Å². The van der Waals surface area contributed by atoms with E-state index in [1.807, 2.05) is 54.6 Å². The minimum Gasteiger partial charge on any atom is -0.545 e. The van der Waals surface area contributed by atoms with E-state index in [1.165, 1.54) is 18.2 Å². The molecule has 0 bridgehead atoms. The number of anilines is 1. The Hall–Kier alpha value is -4.39. The van der Waals surface area contributed by atoms with Crippen LogP contribution in [0.2, 0.25) is 0 Å². The van der Waals surface area contributed by atoms with E-state index in [1.54, 1.807) is 11.0 Å². The lowest BCUT2D eigenvalue weighted by atomic mass is 9.89. The van der Waals surface area contributed by atoms with Crippen molar-refractivity contribution in [1.29, 1.82) is 0 Å². The number of nitrogens with one attached hydrogen (secondary N) is 1. The molecule has 0 radical (unpaired) electrons. The molecule has 33 heavy (non-hydrogen) atoms. The van der Waals surface area contributed by atoms with Gasteiger partial charge in [0.05, 0.1) is 11.7 Å². The number of imide groups is 1. The number of H-pyrrole nitrogens is 1. The SMILES string of the molecule is O=C([O-])c1ccccc1N1C(=O)[C@@H]2Cc3c([nH]c4ccccc34)[C@H](c3ccccc3)N2C1=O. The summed E-state index contributed by atoms with van der Waals surface area (Å²) in [6.45, 7) is 0. The lowest BCUT2D eigenvalue weighted by molar-refractivity contribution is -0.254. The fraction of sp³-hybridized carbons (Fsp3) is 0.115. The molecule has 2 aliphatic heterocycles. The normalized spacial score (nSPS) is 19.6. The van der Waals surface area contributed by atoms with Crippen LogP contribution in [0.3, 0.4) is 0 Å². The second kappa shape index (κ2) is 7.06. The molecule has 1 saturated heterocycles. The summed E-state index contributed by atoms with van der Waals surface area (Å²) in [5.41, 5.74) is 3.52. The van der Waals surface area contributed by atoms with Gasteiger partial charge in [-0.25, -0.2) is 9.69 Å². The molecule has 1 fully saturated rings. The average molecular weight is 436 g/mol. The molecule has 7 nitrogen and oxygen atoms in total. The molecule has 6 rings (SSSR count). The highest BCUT2D eigenvalue weighted by atomic mass is 16.4. The van der Waals surface area contributed by atoms with Gasteiger partial charge in [-0.2, -0.15) is 0 Å². The Kier molecular flexibility index (Phi) is 4.13. The van der Waals surface area contributed by atoms with E-state index in [0.717, 1.165) is 32.6 Å². The predicted molar refractivity (Wildman–Crippen MR) is 120 cm³/mol. The molecule has 0 unspecified atom stereocenters. The van der Waals surface area contributed by atoms with Crippen molar-refractivity contribution in [2.75, 3.05) is 4.90 Å². The summed E-state index contributed by atoms with van der Waals surface area (Å²) >= 11 is 0. The average Bonchev–Trinajstić information content (AvgIpc) is 3.33. The lowest BCUT2D eigenvalue weighted by Crippen LogP contribution is -2.44. The van der Waals surface area contributed by atoms with E-state index < -0.39 is 30.0 Å². The first-order valence-electron chi connectivity index (χ1n) is 10.7. The molecular weight excluding hydrogens is 418 g/mol. The minimum absolute atomic E-state index is 0.0298. The van der Waals surface area contributed by atoms with Gasteiger partial charge in [-0.15, -0.1) is 0 Å². The highest BCUT2D eigenvalue weighted by molar-refractivity contribution is 6.23. The van der Waals surface area contributed by atoms with E-state index >= 15 is 0 Å². The number of nitrogens with zero attached hydrogens (tertiary/aromatic N) is 2. The first-order valence-corrected chi connectivity index (χ1v) is 10.7. The zero-order valence-corrected chi connectivity index (χ0v) is 17.4. The zero-order valence-electron chi connectivity index (χ0n) is 17.4. The Balaban J connectivity index is 1.55. The van der Waals surface area contributed by atoms with Crippen molar-refractivity contribution in [3.63, 3.8) is 0 Å². The molecule has 1 aromatic heterocycles. The summed E-state index contributed by atoms with van der Waals surface area (Å²) in [6.07, 6.45) is 0.344. The monoisotopic (exact) mass is 436 g/mol. The van der Waals surface area contributed by atoms with Crippen LogP contribution < -0.4 is 10.0 Å². The molecule has 2 atom stereocenters. The number of aromatic carboxylic acids is 1. The molecule has 1 N–H and O–H groups in total. The van der Waals surface area contributed by atoms with Crippen molar-refractivity contribution in [2.24, 2.45) is 0 Å². The Morgan fingerprint density at radius 3 is 2.39 bits per heavy atom. The number of benzene rings is 3. The predicted octanol–water partition coefficient (Wildman–Crippen LogP) is 3.01. The second-order valence-corrected chi connectivity index (χ2v) is 8.26. The summed E-state index contributed by atoms with van der Waals surface area (Å²) in [6, 6.07) is 21.6. The maximum Gasteiger partial charge on any atom is 0.332 e. The molecule has 0 aliphatic carbocycles. The van der Waals surface area contributed by atoms with Gasteiger partial charge in [0, 0.05) is 28.6 Å². The lowest BCUT2D eigenvalue weighted by Gasteiger charge is -2.36. The van der Waals surface area contributed by atoms with Gasteiger partial charge in [0.1, 0.15) is 12.1 Å². The Bertz CT molecular complexity index is 1440. The van der Waals surface area contributed by atoms with Crippen LogP contribution in [0.1, 0.15) is 33.2 Å². The topological polar surface area (TPSA) is 96.5 Å². The van der Waals surface area contributed by atoms with Gasteiger partial charge in [0.2, 0.25) is 0 Å². The van der Waals surface area contributed by atoms with Crippen LogP contribution in [-0.4, -0.2) is 33.8 Å². The third-order valence-corrected chi connectivity index (χ3v) is 6.53.